The molecule has 0 heterocycles. The van der Waals surface area contributed by atoms with E-state index in [2.05, 4.69) is 19.9 Å². The maximum atomic E-state index is 14.9. The number of rotatable bonds is 9. The van der Waals surface area contributed by atoms with Crippen molar-refractivity contribution >= 4 is 6.16 Å². The molecule has 0 aromatic heterocycles. The van der Waals surface area contributed by atoms with Crippen molar-refractivity contribution in [2.45, 2.75) is 77.6 Å². The largest absolute Gasteiger partial charge is 0.513 e. The van der Waals surface area contributed by atoms with E-state index >= 15 is 0 Å². The van der Waals surface area contributed by atoms with Crippen molar-refractivity contribution in [1.82, 2.24) is 0 Å². The predicted octanol–water partition coefficient (Wildman–Crippen LogP) is 8.27. The number of hydrogen-bond donors (Lipinski definition) is 0. The summed E-state index contributed by atoms with van der Waals surface area (Å²) in [5.41, 5.74) is 2.44. The highest BCUT2D eigenvalue weighted by atomic mass is 19.1. The maximum Gasteiger partial charge on any atom is 0.513 e. The van der Waals surface area contributed by atoms with Crippen LogP contribution in [0.3, 0.4) is 0 Å². The second-order valence-electron chi connectivity index (χ2n) is 8.68. The monoisotopic (exact) mass is 426 g/mol. The Labute approximate surface area is 186 Å². The Morgan fingerprint density at radius 1 is 0.968 bits per heavy atom. The fourth-order valence-electron chi connectivity index (χ4n) is 4.55. The molecule has 1 saturated carbocycles. The average Bonchev–Trinajstić information content (AvgIpc) is 2.78. The molecule has 0 amide bonds. The SMILES string of the molecule is CCCCCOC(=O)Oc1ccc(-c2ccc(C3CCC(CCC)CC3)cc2F)cc1. The van der Waals surface area contributed by atoms with Crippen molar-refractivity contribution < 1.29 is 18.7 Å². The molecule has 2 aromatic carbocycles. The van der Waals surface area contributed by atoms with Crippen LogP contribution in [0.15, 0.2) is 42.5 Å². The Hall–Kier alpha value is -2.36. The van der Waals surface area contributed by atoms with Crippen LogP contribution in [-0.4, -0.2) is 12.8 Å². The zero-order valence-electron chi connectivity index (χ0n) is 18.9. The summed E-state index contributed by atoms with van der Waals surface area (Å²) in [5, 5.41) is 0. The molecule has 3 nitrogen and oxygen atoms in total. The lowest BCUT2D eigenvalue weighted by atomic mass is 9.77. The second kappa shape index (κ2) is 11.9. The molecule has 0 aliphatic heterocycles. The summed E-state index contributed by atoms with van der Waals surface area (Å²) in [6.45, 7) is 4.70. The first kappa shape index (κ1) is 23.3. The third kappa shape index (κ3) is 6.81. The van der Waals surface area contributed by atoms with Crippen molar-refractivity contribution in [3.63, 3.8) is 0 Å². The van der Waals surface area contributed by atoms with Gasteiger partial charge in [0, 0.05) is 5.56 Å². The van der Waals surface area contributed by atoms with Gasteiger partial charge in [-0.15, -0.1) is 0 Å². The van der Waals surface area contributed by atoms with Crippen LogP contribution in [0.25, 0.3) is 11.1 Å². The van der Waals surface area contributed by atoms with Gasteiger partial charge in [-0.05, 0) is 73.3 Å². The summed E-state index contributed by atoms with van der Waals surface area (Å²) < 4.78 is 25.1. The van der Waals surface area contributed by atoms with Gasteiger partial charge in [0.1, 0.15) is 11.6 Å². The smallest absolute Gasteiger partial charge is 0.434 e. The van der Waals surface area contributed by atoms with Crippen molar-refractivity contribution in [2.24, 2.45) is 5.92 Å². The van der Waals surface area contributed by atoms with Crippen LogP contribution in [0, 0.1) is 11.7 Å². The molecule has 1 fully saturated rings. The molecule has 4 heteroatoms. The Morgan fingerprint density at radius 3 is 2.35 bits per heavy atom. The molecular formula is C27H35FO3. The number of unbranched alkanes of at least 4 members (excludes halogenated alkanes) is 2. The zero-order valence-corrected chi connectivity index (χ0v) is 18.9. The average molecular weight is 427 g/mol. The molecule has 0 atom stereocenters. The number of hydrogen-bond acceptors (Lipinski definition) is 3. The number of benzene rings is 2. The number of carbonyl (C=O) groups excluding carboxylic acids is 1. The molecule has 1 aliphatic carbocycles. The van der Waals surface area contributed by atoms with Gasteiger partial charge in [0.05, 0.1) is 6.61 Å². The molecule has 0 radical (unpaired) electrons. The first-order chi connectivity index (χ1) is 15.1. The third-order valence-corrected chi connectivity index (χ3v) is 6.34. The highest BCUT2D eigenvalue weighted by Gasteiger charge is 2.22. The fourth-order valence-corrected chi connectivity index (χ4v) is 4.55. The van der Waals surface area contributed by atoms with E-state index in [1.807, 2.05) is 6.07 Å². The van der Waals surface area contributed by atoms with Gasteiger partial charge < -0.3 is 9.47 Å². The van der Waals surface area contributed by atoms with Crippen molar-refractivity contribution in [3.8, 4) is 16.9 Å². The Morgan fingerprint density at radius 2 is 1.71 bits per heavy atom. The van der Waals surface area contributed by atoms with E-state index in [1.54, 1.807) is 30.3 Å². The minimum atomic E-state index is -0.701. The zero-order chi connectivity index (χ0) is 22.1. The molecule has 0 unspecified atom stereocenters. The number of ether oxygens (including phenoxy) is 2. The van der Waals surface area contributed by atoms with Gasteiger partial charge in [0.25, 0.3) is 0 Å². The van der Waals surface area contributed by atoms with Crippen LogP contribution in [0.2, 0.25) is 0 Å². The van der Waals surface area contributed by atoms with E-state index in [9.17, 15) is 9.18 Å². The number of halogens is 1. The Balaban J connectivity index is 1.57. The lowest BCUT2D eigenvalue weighted by molar-refractivity contribution is 0.0974. The molecule has 0 N–H and O–H groups in total. The van der Waals surface area contributed by atoms with E-state index < -0.39 is 6.16 Å². The van der Waals surface area contributed by atoms with Crippen molar-refractivity contribution in [1.29, 1.82) is 0 Å². The summed E-state index contributed by atoms with van der Waals surface area (Å²) in [5.74, 6) is 1.51. The van der Waals surface area contributed by atoms with Gasteiger partial charge in [-0.1, -0.05) is 63.8 Å². The van der Waals surface area contributed by atoms with Gasteiger partial charge in [-0.3, -0.25) is 0 Å². The van der Waals surface area contributed by atoms with Crippen LogP contribution < -0.4 is 4.74 Å². The predicted molar refractivity (Wildman–Crippen MR) is 123 cm³/mol. The highest BCUT2D eigenvalue weighted by Crippen LogP contribution is 2.38. The molecule has 0 saturated heterocycles. The van der Waals surface area contributed by atoms with Gasteiger partial charge in [-0.2, -0.15) is 0 Å². The van der Waals surface area contributed by atoms with Crippen molar-refractivity contribution in [2.75, 3.05) is 6.61 Å². The minimum absolute atomic E-state index is 0.197. The topological polar surface area (TPSA) is 35.5 Å². The molecule has 168 valence electrons. The summed E-state index contributed by atoms with van der Waals surface area (Å²) in [7, 11) is 0. The summed E-state index contributed by atoms with van der Waals surface area (Å²) in [6, 6.07) is 12.5. The highest BCUT2D eigenvalue weighted by molar-refractivity contribution is 5.67. The normalized spacial score (nSPS) is 18.5. The summed E-state index contributed by atoms with van der Waals surface area (Å²) in [6.07, 6.45) is 9.61. The third-order valence-electron chi connectivity index (χ3n) is 6.34. The Bertz CT molecular complexity index is 823. The molecular weight excluding hydrogens is 391 g/mol. The van der Waals surface area contributed by atoms with E-state index in [-0.39, 0.29) is 5.82 Å². The Kier molecular flexibility index (Phi) is 8.93. The van der Waals surface area contributed by atoms with E-state index in [0.29, 0.717) is 23.8 Å². The van der Waals surface area contributed by atoms with Gasteiger partial charge >= 0.3 is 6.16 Å². The minimum Gasteiger partial charge on any atom is -0.434 e. The second-order valence-corrected chi connectivity index (χ2v) is 8.68. The van der Waals surface area contributed by atoms with E-state index in [0.717, 1.165) is 49.1 Å². The molecule has 0 bridgehead atoms. The fraction of sp³-hybridized carbons (Fsp3) is 0.519. The van der Waals surface area contributed by atoms with Crippen molar-refractivity contribution in [3.05, 3.63) is 53.8 Å². The van der Waals surface area contributed by atoms with Gasteiger partial charge in [-0.25, -0.2) is 9.18 Å². The van der Waals surface area contributed by atoms with Gasteiger partial charge in [0.2, 0.25) is 0 Å². The summed E-state index contributed by atoms with van der Waals surface area (Å²) in [4.78, 5) is 11.7. The first-order valence-corrected chi connectivity index (χ1v) is 11.8. The van der Waals surface area contributed by atoms with Crippen LogP contribution in [0.1, 0.15) is 83.1 Å². The maximum absolute atomic E-state index is 14.9. The molecule has 3 rings (SSSR count). The van der Waals surface area contributed by atoms with Crippen LogP contribution in [0.5, 0.6) is 5.75 Å². The quantitative estimate of drug-likeness (QED) is 0.230. The number of carbonyl (C=O) groups is 1. The van der Waals surface area contributed by atoms with Gasteiger partial charge in [0.15, 0.2) is 0 Å². The molecule has 1 aliphatic rings. The summed E-state index contributed by atoms with van der Waals surface area (Å²) >= 11 is 0. The molecule has 31 heavy (non-hydrogen) atoms. The van der Waals surface area contributed by atoms with E-state index in [1.165, 1.54) is 25.7 Å². The molecule has 2 aromatic rings. The van der Waals surface area contributed by atoms with Crippen LogP contribution in [0.4, 0.5) is 9.18 Å². The first-order valence-electron chi connectivity index (χ1n) is 11.8. The van der Waals surface area contributed by atoms with Crippen LogP contribution >= 0.6 is 0 Å². The standard InChI is InChI=1S/C27H35FO3/c1-3-5-6-18-30-27(29)31-24-15-12-22(13-16-24)25-17-14-23(19-26(25)28)21-10-8-20(7-4-2)9-11-21/h12-17,19-21H,3-11,18H2,1-2H3. The van der Waals surface area contributed by atoms with Crippen LogP contribution in [-0.2, 0) is 4.74 Å². The van der Waals surface area contributed by atoms with E-state index in [4.69, 9.17) is 9.47 Å². The molecule has 0 spiro atoms. The lowest BCUT2D eigenvalue weighted by Crippen LogP contribution is -2.13. The lowest BCUT2D eigenvalue weighted by Gasteiger charge is -2.28.